The van der Waals surface area contributed by atoms with Gasteiger partial charge in [0.15, 0.2) is 0 Å². The van der Waals surface area contributed by atoms with E-state index in [2.05, 4.69) is 22.4 Å². The molecule has 2 heterocycles. The number of benzene rings is 3. The number of halogens is 2. The highest BCUT2D eigenvalue weighted by Gasteiger charge is 2.36. The van der Waals surface area contributed by atoms with Gasteiger partial charge in [0.2, 0.25) is 5.82 Å². The van der Waals surface area contributed by atoms with Crippen LogP contribution in [-0.2, 0) is 6.42 Å². The first kappa shape index (κ1) is 22.5. The zero-order valence-corrected chi connectivity index (χ0v) is 19.1. The van der Waals surface area contributed by atoms with Crippen molar-refractivity contribution in [2.45, 2.75) is 26.3 Å². The number of aromatic nitrogens is 2. The third kappa shape index (κ3) is 4.30. The van der Waals surface area contributed by atoms with Crippen LogP contribution < -0.4 is 10.2 Å². The molecule has 0 saturated heterocycles. The first-order valence-electron chi connectivity index (χ1n) is 11.2. The molecule has 1 aromatic heterocycles. The zero-order chi connectivity index (χ0) is 24.5. The Morgan fingerprint density at radius 2 is 1.69 bits per heavy atom. The summed E-state index contributed by atoms with van der Waals surface area (Å²) in [6, 6.07) is 19.0. The van der Waals surface area contributed by atoms with Crippen LogP contribution in [0.1, 0.15) is 36.9 Å². The van der Waals surface area contributed by atoms with Gasteiger partial charge in [-0.2, -0.15) is 4.98 Å². The highest BCUT2D eigenvalue weighted by Crippen LogP contribution is 2.39. The third-order valence-electron chi connectivity index (χ3n) is 6.00. The van der Waals surface area contributed by atoms with Crippen LogP contribution in [0.15, 0.2) is 83.0 Å². The van der Waals surface area contributed by atoms with Crippen LogP contribution in [0, 0.1) is 11.6 Å². The lowest BCUT2D eigenvalue weighted by atomic mass is 9.93. The van der Waals surface area contributed by atoms with Crippen LogP contribution in [-0.4, -0.2) is 16.2 Å². The van der Waals surface area contributed by atoms with E-state index in [1.54, 1.807) is 6.92 Å². The average molecular weight is 472 g/mol. The molecule has 4 aromatic rings. The molecule has 35 heavy (non-hydrogen) atoms. The molecule has 3 aromatic carbocycles. The van der Waals surface area contributed by atoms with E-state index in [-0.39, 0.29) is 11.6 Å². The minimum Gasteiger partial charge on any atom is -0.334 e. The van der Waals surface area contributed by atoms with E-state index in [1.807, 2.05) is 54.6 Å². The lowest BCUT2D eigenvalue weighted by Crippen LogP contribution is -2.46. The monoisotopic (exact) mass is 472 g/mol. The minimum absolute atomic E-state index is 0.0533. The van der Waals surface area contributed by atoms with E-state index in [9.17, 15) is 13.6 Å². The number of nitrogens with zero attached hydrogens (tertiary/aromatic N) is 3. The number of urea groups is 1. The number of allylic oxidation sites excluding steroid dienone is 1. The fraction of sp³-hybridized carbons (Fsp3) is 0.148. The summed E-state index contributed by atoms with van der Waals surface area (Å²) < 4.78 is 33.7. The third-order valence-corrected chi connectivity index (χ3v) is 6.00. The van der Waals surface area contributed by atoms with Gasteiger partial charge in [0.05, 0.1) is 17.3 Å². The zero-order valence-electron chi connectivity index (χ0n) is 19.1. The number of amides is 2. The molecule has 1 aliphatic heterocycles. The van der Waals surface area contributed by atoms with Crippen molar-refractivity contribution >= 4 is 17.3 Å². The predicted molar refractivity (Wildman–Crippen MR) is 128 cm³/mol. The van der Waals surface area contributed by atoms with Crippen LogP contribution in [0.2, 0.25) is 0 Å². The second-order valence-electron chi connectivity index (χ2n) is 8.23. The number of hydrogen-bond donors (Lipinski definition) is 1. The largest absolute Gasteiger partial charge is 0.334 e. The van der Waals surface area contributed by atoms with E-state index in [0.717, 1.165) is 41.3 Å². The van der Waals surface area contributed by atoms with Crippen molar-refractivity contribution in [3.05, 3.63) is 107 Å². The fourth-order valence-electron chi connectivity index (χ4n) is 4.23. The quantitative estimate of drug-likeness (QED) is 0.371. The van der Waals surface area contributed by atoms with E-state index in [4.69, 9.17) is 4.52 Å². The van der Waals surface area contributed by atoms with Gasteiger partial charge < -0.3 is 9.84 Å². The molecule has 1 atom stereocenters. The van der Waals surface area contributed by atoms with Crippen LogP contribution in [0.5, 0.6) is 0 Å². The van der Waals surface area contributed by atoms with Crippen molar-refractivity contribution in [1.82, 2.24) is 15.5 Å². The molecule has 0 bridgehead atoms. The number of nitrogens with one attached hydrogen (secondary N) is 1. The van der Waals surface area contributed by atoms with E-state index in [1.165, 1.54) is 4.90 Å². The van der Waals surface area contributed by atoms with Crippen molar-refractivity contribution in [3.63, 3.8) is 0 Å². The maximum atomic E-state index is 14.0. The Hall–Kier alpha value is -4.33. The topological polar surface area (TPSA) is 71.3 Å². The molecule has 1 N–H and O–H groups in total. The number of carbonyl (C=O) groups is 1. The maximum absolute atomic E-state index is 14.0. The lowest BCUT2D eigenvalue weighted by Gasteiger charge is -2.35. The molecular weight excluding hydrogens is 450 g/mol. The van der Waals surface area contributed by atoms with Gasteiger partial charge in [-0.3, -0.25) is 4.90 Å². The van der Waals surface area contributed by atoms with E-state index < -0.39 is 23.7 Å². The molecule has 2 amide bonds. The molecule has 5 rings (SSSR count). The summed E-state index contributed by atoms with van der Waals surface area (Å²) in [6.45, 7) is 3.75. The number of carbonyl (C=O) groups excluding carboxylic acids is 1. The van der Waals surface area contributed by atoms with Crippen molar-refractivity contribution in [2.24, 2.45) is 0 Å². The first-order chi connectivity index (χ1) is 16.9. The number of anilines is 1. The molecule has 176 valence electrons. The Morgan fingerprint density at radius 1 is 1.00 bits per heavy atom. The minimum atomic E-state index is -0.788. The summed E-state index contributed by atoms with van der Waals surface area (Å²) in [5.41, 5.74) is 3.75. The maximum Gasteiger partial charge on any atom is 0.327 e. The summed E-state index contributed by atoms with van der Waals surface area (Å²) in [6.07, 6.45) is 0.877. The van der Waals surface area contributed by atoms with Crippen molar-refractivity contribution in [3.8, 4) is 11.4 Å². The Balaban J connectivity index is 1.66. The summed E-state index contributed by atoms with van der Waals surface area (Å²) in [5, 5.41) is 7.07. The Labute approximate surface area is 200 Å². The highest BCUT2D eigenvalue weighted by molar-refractivity contribution is 6.01. The molecular formula is C27H22F2N4O2. The molecule has 1 unspecified atom stereocenters. The van der Waals surface area contributed by atoms with E-state index in [0.29, 0.717) is 17.1 Å². The molecule has 6 nitrogen and oxygen atoms in total. The second-order valence-corrected chi connectivity index (χ2v) is 8.23. The fourth-order valence-corrected chi connectivity index (χ4v) is 4.23. The van der Waals surface area contributed by atoms with Crippen molar-refractivity contribution < 1.29 is 18.1 Å². The second kappa shape index (κ2) is 9.13. The normalized spacial score (nSPS) is 15.9. The molecule has 0 fully saturated rings. The molecule has 0 aliphatic carbocycles. The standard InChI is InChI=1S/C27H22F2N4O2/c1-3-17-9-11-18(12-10-17)24-23(26-31-25(32-35-26)19-7-5-4-6-8-19)16(2)33(27(34)30-24)22-14-20(28)13-21(29)15-22/h4-15,24H,3H2,1-2H3,(H,30,34). The van der Waals surface area contributed by atoms with Crippen molar-refractivity contribution in [2.75, 3.05) is 4.90 Å². The van der Waals surface area contributed by atoms with Gasteiger partial charge in [-0.15, -0.1) is 0 Å². The van der Waals surface area contributed by atoms with Gasteiger partial charge in [-0.1, -0.05) is 66.7 Å². The van der Waals surface area contributed by atoms with Crippen LogP contribution in [0.3, 0.4) is 0 Å². The van der Waals surface area contributed by atoms with Gasteiger partial charge in [-0.05, 0) is 36.6 Å². The molecule has 8 heteroatoms. The molecule has 0 spiro atoms. The predicted octanol–water partition coefficient (Wildman–Crippen LogP) is 6.28. The Kier molecular flexibility index (Phi) is 5.86. The number of hydrogen-bond acceptors (Lipinski definition) is 4. The number of rotatable bonds is 5. The van der Waals surface area contributed by atoms with Gasteiger partial charge in [-0.25, -0.2) is 13.6 Å². The molecule has 1 aliphatic rings. The van der Waals surface area contributed by atoms with Crippen LogP contribution >= 0.6 is 0 Å². The molecule has 0 saturated carbocycles. The summed E-state index contributed by atoms with van der Waals surface area (Å²) in [7, 11) is 0. The van der Waals surface area contributed by atoms with Gasteiger partial charge in [0, 0.05) is 17.3 Å². The Bertz CT molecular complexity index is 1390. The van der Waals surface area contributed by atoms with E-state index >= 15 is 0 Å². The van der Waals surface area contributed by atoms with Gasteiger partial charge in [0.1, 0.15) is 11.6 Å². The average Bonchev–Trinajstić information content (AvgIpc) is 3.33. The smallest absolute Gasteiger partial charge is 0.327 e. The van der Waals surface area contributed by atoms with Gasteiger partial charge >= 0.3 is 6.03 Å². The molecule has 0 radical (unpaired) electrons. The summed E-state index contributed by atoms with van der Waals surface area (Å²) in [5.74, 6) is -0.985. The van der Waals surface area contributed by atoms with Crippen LogP contribution in [0.25, 0.3) is 17.0 Å². The summed E-state index contributed by atoms with van der Waals surface area (Å²) in [4.78, 5) is 19.0. The number of aryl methyl sites for hydroxylation is 1. The summed E-state index contributed by atoms with van der Waals surface area (Å²) >= 11 is 0. The lowest BCUT2D eigenvalue weighted by molar-refractivity contribution is 0.244. The first-order valence-corrected chi connectivity index (χ1v) is 11.2. The SMILES string of the molecule is CCc1ccc(C2NC(=O)N(c3cc(F)cc(F)c3)C(C)=C2c2nc(-c3ccccc3)no2)cc1. The van der Waals surface area contributed by atoms with Crippen LogP contribution in [0.4, 0.5) is 19.3 Å². The highest BCUT2D eigenvalue weighted by atomic mass is 19.1. The van der Waals surface area contributed by atoms with Gasteiger partial charge in [0.25, 0.3) is 5.89 Å². The van der Waals surface area contributed by atoms with Crippen molar-refractivity contribution in [1.29, 1.82) is 0 Å². The Morgan fingerprint density at radius 3 is 2.34 bits per heavy atom.